The molecule has 0 bridgehead atoms. The van der Waals surface area contributed by atoms with Crippen molar-refractivity contribution >= 4 is 28.3 Å². The summed E-state index contributed by atoms with van der Waals surface area (Å²) in [7, 11) is 0. The molecule has 8 heteroatoms. The molecule has 0 fully saturated rings. The average molecular weight is 367 g/mol. The van der Waals surface area contributed by atoms with Gasteiger partial charge in [0.1, 0.15) is 17.7 Å². The van der Waals surface area contributed by atoms with Gasteiger partial charge in [-0.25, -0.2) is 13.8 Å². The summed E-state index contributed by atoms with van der Waals surface area (Å²) in [5.74, 6) is -2.01. The van der Waals surface area contributed by atoms with E-state index in [9.17, 15) is 18.4 Å². The number of benzene rings is 1. The lowest BCUT2D eigenvalue weighted by atomic mass is 10.0. The van der Waals surface area contributed by atoms with Crippen molar-refractivity contribution in [3.05, 3.63) is 46.5 Å². The van der Waals surface area contributed by atoms with Gasteiger partial charge in [-0.2, -0.15) is 0 Å². The van der Waals surface area contributed by atoms with Crippen LogP contribution in [0.15, 0.2) is 24.4 Å². The van der Waals surface area contributed by atoms with E-state index in [0.29, 0.717) is 17.1 Å². The van der Waals surface area contributed by atoms with Gasteiger partial charge in [-0.3, -0.25) is 9.59 Å². The Hall–Kier alpha value is -2.35. The van der Waals surface area contributed by atoms with Crippen molar-refractivity contribution < 1.29 is 18.4 Å². The number of aromatic nitrogens is 1. The number of hydrogen-bond donors (Lipinski definition) is 2. The summed E-state index contributed by atoms with van der Waals surface area (Å²) in [5.41, 5.74) is 0.484. The van der Waals surface area contributed by atoms with Gasteiger partial charge in [0.2, 0.25) is 11.8 Å². The van der Waals surface area contributed by atoms with Gasteiger partial charge in [-0.15, -0.1) is 11.3 Å². The van der Waals surface area contributed by atoms with Crippen molar-refractivity contribution in [2.45, 2.75) is 33.2 Å². The van der Waals surface area contributed by atoms with Crippen LogP contribution in [-0.4, -0.2) is 22.8 Å². The van der Waals surface area contributed by atoms with Crippen LogP contribution in [0.3, 0.4) is 0 Å². The molecule has 2 aromatic rings. The number of thiazole rings is 1. The molecule has 134 valence electrons. The van der Waals surface area contributed by atoms with E-state index in [1.807, 2.05) is 13.8 Å². The highest BCUT2D eigenvalue weighted by atomic mass is 32.1. The first kappa shape index (κ1) is 19.0. The van der Waals surface area contributed by atoms with Gasteiger partial charge in [-0.1, -0.05) is 13.8 Å². The molecule has 1 atom stereocenters. The fourth-order valence-corrected chi connectivity index (χ4v) is 3.15. The second kappa shape index (κ2) is 8.15. The predicted molar refractivity (Wildman–Crippen MR) is 92.4 cm³/mol. The third-order valence-corrected chi connectivity index (χ3v) is 4.31. The van der Waals surface area contributed by atoms with Crippen LogP contribution in [0.5, 0.6) is 0 Å². The number of nitrogens with zero attached hydrogens (tertiary/aromatic N) is 1. The van der Waals surface area contributed by atoms with Crippen LogP contribution in [0.2, 0.25) is 0 Å². The number of hydrogen-bond acceptors (Lipinski definition) is 4. The summed E-state index contributed by atoms with van der Waals surface area (Å²) in [6, 6.07) is 2.66. The molecule has 2 rings (SSSR count). The highest BCUT2D eigenvalue weighted by Crippen LogP contribution is 2.22. The largest absolute Gasteiger partial charge is 0.344 e. The lowest BCUT2D eigenvalue weighted by molar-refractivity contribution is -0.126. The monoisotopic (exact) mass is 367 g/mol. The van der Waals surface area contributed by atoms with Crippen LogP contribution in [0, 0.1) is 17.6 Å². The third-order valence-electron chi connectivity index (χ3n) is 3.39. The Balaban J connectivity index is 2.05. The van der Waals surface area contributed by atoms with Crippen LogP contribution in [-0.2, 0) is 16.0 Å². The van der Waals surface area contributed by atoms with Gasteiger partial charge in [0, 0.05) is 30.5 Å². The first-order chi connectivity index (χ1) is 11.7. The maximum Gasteiger partial charge on any atom is 0.248 e. The van der Waals surface area contributed by atoms with Crippen molar-refractivity contribution in [1.82, 2.24) is 10.3 Å². The van der Waals surface area contributed by atoms with Crippen LogP contribution in [0.25, 0.3) is 0 Å². The number of amides is 2. The van der Waals surface area contributed by atoms with Gasteiger partial charge in [0.05, 0.1) is 0 Å². The van der Waals surface area contributed by atoms with Crippen LogP contribution in [0.1, 0.15) is 31.2 Å². The lowest BCUT2D eigenvalue weighted by Crippen LogP contribution is -2.46. The van der Waals surface area contributed by atoms with Crippen LogP contribution in [0.4, 0.5) is 13.9 Å². The summed E-state index contributed by atoms with van der Waals surface area (Å²) < 4.78 is 26.5. The molecule has 2 N–H and O–H groups in total. The predicted octanol–water partition coefficient (Wildman–Crippen LogP) is 3.11. The summed E-state index contributed by atoms with van der Waals surface area (Å²) >= 11 is 1.22. The van der Waals surface area contributed by atoms with Crippen molar-refractivity contribution in [3.8, 4) is 0 Å². The molecule has 1 heterocycles. The molecule has 1 aromatic heterocycles. The normalized spacial score (nSPS) is 12.1. The summed E-state index contributed by atoms with van der Waals surface area (Å²) in [6.45, 7) is 5.00. The van der Waals surface area contributed by atoms with E-state index in [-0.39, 0.29) is 17.7 Å². The van der Waals surface area contributed by atoms with E-state index >= 15 is 0 Å². The number of nitrogens with one attached hydrogen (secondary N) is 2. The Kier molecular flexibility index (Phi) is 6.19. The molecular formula is C17H19F2N3O2S. The van der Waals surface area contributed by atoms with E-state index in [4.69, 9.17) is 0 Å². The summed E-state index contributed by atoms with van der Waals surface area (Å²) in [5, 5.41) is 5.63. The molecule has 0 aliphatic carbocycles. The summed E-state index contributed by atoms with van der Waals surface area (Å²) in [4.78, 5) is 28.4. The Bertz CT molecular complexity index is 757. The number of rotatable bonds is 6. The second-order valence-corrected chi connectivity index (χ2v) is 7.11. The maximum absolute atomic E-state index is 13.2. The van der Waals surface area contributed by atoms with Gasteiger partial charge in [-0.05, 0) is 23.6 Å². The SMILES string of the molecule is CC(=O)N[C@@H](C(=O)Nc1ncc(Cc2cc(F)cc(F)c2)s1)C(C)C. The Labute approximate surface area is 148 Å². The molecule has 0 saturated carbocycles. The van der Waals surface area contributed by atoms with Gasteiger partial charge in [0.25, 0.3) is 0 Å². The Morgan fingerprint density at radius 1 is 1.20 bits per heavy atom. The minimum Gasteiger partial charge on any atom is -0.344 e. The standard InChI is InChI=1S/C17H19F2N3O2S/c1-9(2)15(21-10(3)23)16(24)22-17-20-8-14(25-17)6-11-4-12(18)7-13(19)5-11/h4-5,7-9,15H,6H2,1-3H3,(H,21,23)(H,20,22,24)/t15-/m1/s1. The van der Waals surface area contributed by atoms with Crippen LogP contribution >= 0.6 is 11.3 Å². The number of halogens is 2. The molecule has 0 saturated heterocycles. The quantitative estimate of drug-likeness (QED) is 0.824. The topological polar surface area (TPSA) is 71.1 Å². The fraction of sp³-hybridized carbons (Fsp3) is 0.353. The maximum atomic E-state index is 13.2. The number of carbonyl (C=O) groups is 2. The highest BCUT2D eigenvalue weighted by Gasteiger charge is 2.23. The van der Waals surface area contributed by atoms with E-state index in [0.717, 1.165) is 10.9 Å². The second-order valence-electron chi connectivity index (χ2n) is 6.00. The number of carbonyl (C=O) groups excluding carboxylic acids is 2. The average Bonchev–Trinajstić information content (AvgIpc) is 2.90. The zero-order chi connectivity index (χ0) is 18.6. The Morgan fingerprint density at radius 3 is 2.40 bits per heavy atom. The van der Waals surface area contributed by atoms with E-state index in [2.05, 4.69) is 15.6 Å². The molecule has 0 aliphatic heterocycles. The van der Waals surface area contributed by atoms with Gasteiger partial charge in [0.15, 0.2) is 5.13 Å². The molecular weight excluding hydrogens is 348 g/mol. The van der Waals surface area contributed by atoms with E-state index < -0.39 is 17.7 Å². The van der Waals surface area contributed by atoms with Gasteiger partial charge >= 0.3 is 0 Å². The van der Waals surface area contributed by atoms with Crippen LogP contribution < -0.4 is 10.6 Å². The molecule has 2 amide bonds. The minimum atomic E-state index is -0.665. The summed E-state index contributed by atoms with van der Waals surface area (Å²) in [6.07, 6.45) is 1.85. The minimum absolute atomic E-state index is 0.0846. The molecule has 1 aromatic carbocycles. The molecule has 25 heavy (non-hydrogen) atoms. The first-order valence-electron chi connectivity index (χ1n) is 7.72. The molecule has 0 aliphatic rings. The zero-order valence-corrected chi connectivity index (χ0v) is 14.9. The van der Waals surface area contributed by atoms with E-state index in [1.165, 1.54) is 30.4 Å². The Morgan fingerprint density at radius 2 is 1.84 bits per heavy atom. The first-order valence-corrected chi connectivity index (χ1v) is 8.54. The van der Waals surface area contributed by atoms with Crippen molar-refractivity contribution in [2.75, 3.05) is 5.32 Å². The number of anilines is 1. The van der Waals surface area contributed by atoms with Crippen molar-refractivity contribution in [2.24, 2.45) is 5.92 Å². The molecule has 0 unspecified atom stereocenters. The smallest absolute Gasteiger partial charge is 0.248 e. The lowest BCUT2D eigenvalue weighted by Gasteiger charge is -2.20. The molecule has 0 spiro atoms. The van der Waals surface area contributed by atoms with Crippen molar-refractivity contribution in [1.29, 1.82) is 0 Å². The van der Waals surface area contributed by atoms with Crippen molar-refractivity contribution in [3.63, 3.8) is 0 Å². The zero-order valence-electron chi connectivity index (χ0n) is 14.1. The molecule has 5 nitrogen and oxygen atoms in total. The fourth-order valence-electron chi connectivity index (χ4n) is 2.30. The van der Waals surface area contributed by atoms with E-state index in [1.54, 1.807) is 6.20 Å². The molecule has 0 radical (unpaired) electrons. The third kappa shape index (κ3) is 5.60. The highest BCUT2D eigenvalue weighted by molar-refractivity contribution is 7.15. The van der Waals surface area contributed by atoms with Gasteiger partial charge < -0.3 is 10.6 Å².